The first-order chi connectivity index (χ1) is 13.4. The van der Waals surface area contributed by atoms with Gasteiger partial charge in [-0.3, -0.25) is 0 Å². The first-order valence-electron chi connectivity index (χ1n) is 9.58. The Morgan fingerprint density at radius 1 is 1.04 bits per heavy atom. The summed E-state index contributed by atoms with van der Waals surface area (Å²) in [7, 11) is 0. The zero-order valence-electron chi connectivity index (χ0n) is 15.8. The minimum atomic E-state index is -4.39. The largest absolute Gasteiger partial charge is 0.417 e. The SMILES string of the molecule is CCc1nc(-c2ccc(-c3c(C(F)(F)F)ccc4c3CC[C@H]4CC)cc2)no1. The van der Waals surface area contributed by atoms with Crippen LogP contribution in [-0.2, 0) is 19.0 Å². The maximum atomic E-state index is 13.7. The molecular weight excluding hydrogens is 365 g/mol. The van der Waals surface area contributed by atoms with Crippen LogP contribution in [0.25, 0.3) is 22.5 Å². The molecule has 146 valence electrons. The van der Waals surface area contributed by atoms with Gasteiger partial charge >= 0.3 is 6.18 Å². The fourth-order valence-corrected chi connectivity index (χ4v) is 4.08. The summed E-state index contributed by atoms with van der Waals surface area (Å²) in [4.78, 5) is 4.28. The van der Waals surface area contributed by atoms with Crippen LogP contribution in [0.1, 0.15) is 55.2 Å². The lowest BCUT2D eigenvalue weighted by Crippen LogP contribution is -2.09. The van der Waals surface area contributed by atoms with Gasteiger partial charge in [0.15, 0.2) is 0 Å². The maximum Gasteiger partial charge on any atom is 0.417 e. The monoisotopic (exact) mass is 386 g/mol. The molecule has 0 fully saturated rings. The van der Waals surface area contributed by atoms with E-state index in [9.17, 15) is 13.2 Å². The van der Waals surface area contributed by atoms with Crippen LogP contribution in [-0.4, -0.2) is 10.1 Å². The lowest BCUT2D eigenvalue weighted by Gasteiger charge is -2.18. The number of halogens is 3. The second-order valence-electron chi connectivity index (χ2n) is 7.14. The normalized spacial score (nSPS) is 16.4. The number of hydrogen-bond acceptors (Lipinski definition) is 3. The van der Waals surface area contributed by atoms with E-state index >= 15 is 0 Å². The Balaban J connectivity index is 1.81. The number of alkyl halides is 3. The molecule has 2 aromatic carbocycles. The summed E-state index contributed by atoms with van der Waals surface area (Å²) in [6.45, 7) is 4.00. The molecule has 3 nitrogen and oxygen atoms in total. The summed E-state index contributed by atoms with van der Waals surface area (Å²) in [5.74, 6) is 1.32. The van der Waals surface area contributed by atoms with Crippen LogP contribution in [0.15, 0.2) is 40.9 Å². The zero-order valence-corrected chi connectivity index (χ0v) is 15.8. The summed E-state index contributed by atoms with van der Waals surface area (Å²) < 4.78 is 46.3. The van der Waals surface area contributed by atoms with Gasteiger partial charge in [-0.2, -0.15) is 18.2 Å². The molecule has 1 heterocycles. The average molecular weight is 386 g/mol. The molecular formula is C22H21F3N2O. The van der Waals surface area contributed by atoms with Crippen LogP contribution < -0.4 is 0 Å². The van der Waals surface area contributed by atoms with E-state index in [1.807, 2.05) is 6.92 Å². The quantitative estimate of drug-likeness (QED) is 0.519. The molecule has 0 radical (unpaired) electrons. The number of benzene rings is 2. The van der Waals surface area contributed by atoms with E-state index < -0.39 is 11.7 Å². The summed E-state index contributed by atoms with van der Waals surface area (Å²) >= 11 is 0. The van der Waals surface area contributed by atoms with Crippen LogP contribution in [0.4, 0.5) is 13.2 Å². The molecule has 0 amide bonds. The lowest BCUT2D eigenvalue weighted by molar-refractivity contribution is -0.137. The third-order valence-corrected chi connectivity index (χ3v) is 5.53. The van der Waals surface area contributed by atoms with Crippen molar-refractivity contribution < 1.29 is 17.7 Å². The van der Waals surface area contributed by atoms with Crippen LogP contribution in [0.2, 0.25) is 0 Å². The van der Waals surface area contributed by atoms with E-state index in [1.54, 1.807) is 30.3 Å². The van der Waals surface area contributed by atoms with Crippen molar-refractivity contribution >= 4 is 0 Å². The van der Waals surface area contributed by atoms with E-state index in [4.69, 9.17) is 4.52 Å². The molecule has 6 heteroatoms. The van der Waals surface area contributed by atoms with Gasteiger partial charge in [-0.1, -0.05) is 49.3 Å². The van der Waals surface area contributed by atoms with Crippen LogP contribution in [0.3, 0.4) is 0 Å². The van der Waals surface area contributed by atoms with Gasteiger partial charge in [0.1, 0.15) is 0 Å². The highest BCUT2D eigenvalue weighted by molar-refractivity contribution is 5.76. The van der Waals surface area contributed by atoms with Crippen LogP contribution >= 0.6 is 0 Å². The molecule has 28 heavy (non-hydrogen) atoms. The number of hydrogen-bond donors (Lipinski definition) is 0. The van der Waals surface area contributed by atoms with E-state index in [0.717, 1.165) is 29.5 Å². The highest BCUT2D eigenvalue weighted by atomic mass is 19.4. The van der Waals surface area contributed by atoms with E-state index in [0.29, 0.717) is 41.6 Å². The molecule has 1 atom stereocenters. The van der Waals surface area contributed by atoms with E-state index in [1.165, 1.54) is 6.07 Å². The molecule has 0 saturated carbocycles. The molecule has 1 aliphatic rings. The first-order valence-corrected chi connectivity index (χ1v) is 9.58. The fraction of sp³-hybridized carbons (Fsp3) is 0.364. The van der Waals surface area contributed by atoms with Crippen LogP contribution in [0.5, 0.6) is 0 Å². The topological polar surface area (TPSA) is 38.9 Å². The second kappa shape index (κ2) is 7.08. The van der Waals surface area contributed by atoms with Crippen molar-refractivity contribution in [3.63, 3.8) is 0 Å². The maximum absolute atomic E-state index is 13.7. The van der Waals surface area contributed by atoms with Crippen molar-refractivity contribution in [2.45, 2.75) is 51.6 Å². The fourth-order valence-electron chi connectivity index (χ4n) is 4.08. The molecule has 1 aromatic heterocycles. The van der Waals surface area contributed by atoms with Gasteiger partial charge in [0.2, 0.25) is 11.7 Å². The van der Waals surface area contributed by atoms with E-state index in [2.05, 4.69) is 17.1 Å². The third kappa shape index (κ3) is 3.21. The molecule has 0 bridgehead atoms. The van der Waals surface area contributed by atoms with Crippen molar-refractivity contribution in [1.82, 2.24) is 10.1 Å². The minimum Gasteiger partial charge on any atom is -0.339 e. The number of rotatable bonds is 4. The van der Waals surface area contributed by atoms with Crippen molar-refractivity contribution in [1.29, 1.82) is 0 Å². The zero-order chi connectivity index (χ0) is 19.9. The van der Waals surface area contributed by atoms with Gasteiger partial charge < -0.3 is 4.52 Å². The van der Waals surface area contributed by atoms with Crippen LogP contribution in [0, 0.1) is 0 Å². The average Bonchev–Trinajstić information content (AvgIpc) is 3.33. The van der Waals surface area contributed by atoms with Crippen molar-refractivity contribution in [3.05, 3.63) is 59.0 Å². The summed E-state index contributed by atoms with van der Waals surface area (Å²) in [5, 5.41) is 3.93. The Morgan fingerprint density at radius 2 is 1.75 bits per heavy atom. The summed E-state index contributed by atoms with van der Waals surface area (Å²) in [6.07, 6.45) is -1.24. The van der Waals surface area contributed by atoms with Crippen molar-refractivity contribution in [3.8, 4) is 22.5 Å². The highest BCUT2D eigenvalue weighted by Gasteiger charge is 2.37. The first kappa shape index (κ1) is 18.7. The third-order valence-electron chi connectivity index (χ3n) is 5.53. The highest BCUT2D eigenvalue weighted by Crippen LogP contribution is 2.46. The molecule has 4 rings (SSSR count). The number of fused-ring (bicyclic) bond motifs is 1. The van der Waals surface area contributed by atoms with Gasteiger partial charge in [0.05, 0.1) is 5.56 Å². The predicted molar refractivity (Wildman–Crippen MR) is 101 cm³/mol. The summed E-state index contributed by atoms with van der Waals surface area (Å²) in [5.41, 5.74) is 2.93. The molecule has 3 aromatic rings. The Hall–Kier alpha value is -2.63. The smallest absolute Gasteiger partial charge is 0.339 e. The van der Waals surface area contributed by atoms with Gasteiger partial charge in [0, 0.05) is 12.0 Å². The molecule has 0 aliphatic heterocycles. The molecule has 1 aliphatic carbocycles. The van der Waals surface area contributed by atoms with Gasteiger partial charge in [-0.15, -0.1) is 0 Å². The Labute approximate surface area is 161 Å². The molecule has 0 spiro atoms. The number of aryl methyl sites for hydroxylation is 1. The second-order valence-corrected chi connectivity index (χ2v) is 7.14. The minimum absolute atomic E-state index is 0.315. The number of nitrogens with zero attached hydrogens (tertiary/aromatic N) is 2. The Bertz CT molecular complexity index is 990. The van der Waals surface area contributed by atoms with E-state index in [-0.39, 0.29) is 0 Å². The van der Waals surface area contributed by atoms with Crippen molar-refractivity contribution in [2.75, 3.05) is 0 Å². The molecule has 0 N–H and O–H groups in total. The molecule has 0 saturated heterocycles. The molecule has 0 unspecified atom stereocenters. The predicted octanol–water partition coefficient (Wildman–Crippen LogP) is 6.42. The standard InChI is InChI=1S/C22H21F3N2O/c1-3-13-9-10-17-16(13)11-12-18(22(23,24)25)20(17)14-5-7-15(8-6-14)21-26-19(4-2)28-27-21/h5-8,11-13H,3-4,9-10H2,1-2H3/t13-/m1/s1. The lowest BCUT2D eigenvalue weighted by atomic mass is 9.89. The van der Waals surface area contributed by atoms with Gasteiger partial charge in [-0.25, -0.2) is 0 Å². The van der Waals surface area contributed by atoms with Gasteiger partial charge in [-0.05, 0) is 53.5 Å². The van der Waals surface area contributed by atoms with Gasteiger partial charge in [0.25, 0.3) is 0 Å². The summed E-state index contributed by atoms with van der Waals surface area (Å²) in [6, 6.07) is 9.87. The Morgan fingerprint density at radius 3 is 2.36 bits per heavy atom. The Kier molecular flexibility index (Phi) is 4.73. The number of aromatic nitrogens is 2. The van der Waals surface area contributed by atoms with Crippen molar-refractivity contribution in [2.24, 2.45) is 0 Å².